The number of hydrogen-bond donors (Lipinski definition) is 1. The quantitative estimate of drug-likeness (QED) is 0.770. The van der Waals surface area contributed by atoms with Crippen LogP contribution in [0.2, 0.25) is 0 Å². The molecule has 1 saturated heterocycles. The van der Waals surface area contributed by atoms with Crippen molar-refractivity contribution in [1.82, 2.24) is 5.32 Å². The van der Waals surface area contributed by atoms with Crippen molar-refractivity contribution >= 4 is 35.1 Å². The normalized spacial score (nSPS) is 23.6. The van der Waals surface area contributed by atoms with Crippen molar-refractivity contribution in [3.63, 3.8) is 0 Å². The summed E-state index contributed by atoms with van der Waals surface area (Å²) in [6, 6.07) is 3.52. The number of alkyl halides is 2. The average Bonchev–Trinajstić information content (AvgIpc) is 3.02. The first-order valence-electron chi connectivity index (χ1n) is 10.0. The Morgan fingerprint density at radius 2 is 1.73 bits per heavy atom. The number of anilines is 1. The topological polar surface area (TPSA) is 63.9 Å². The monoisotopic (exact) mass is 420 g/mol. The molecule has 1 amide bonds. The van der Waals surface area contributed by atoms with Gasteiger partial charge in [0.05, 0.1) is 22.7 Å². The summed E-state index contributed by atoms with van der Waals surface area (Å²) in [5.74, 6) is -4.36. The van der Waals surface area contributed by atoms with Gasteiger partial charge in [-0.3, -0.25) is 4.79 Å². The van der Waals surface area contributed by atoms with Crippen molar-refractivity contribution in [2.24, 2.45) is 0 Å². The molecule has 2 aliphatic rings. The second-order valence-electron chi connectivity index (χ2n) is 9.33. The number of rotatable bonds is 4. The van der Waals surface area contributed by atoms with Crippen molar-refractivity contribution in [2.45, 2.75) is 57.2 Å². The van der Waals surface area contributed by atoms with Crippen molar-refractivity contribution in [1.29, 1.82) is 0 Å². The van der Waals surface area contributed by atoms with Gasteiger partial charge in [0.25, 0.3) is 11.8 Å². The fourth-order valence-corrected chi connectivity index (χ4v) is 3.82. The van der Waals surface area contributed by atoms with E-state index in [1.807, 2.05) is 46.7 Å². The Morgan fingerprint density at radius 3 is 2.20 bits per heavy atom. The zero-order chi connectivity index (χ0) is 22.2. The summed E-state index contributed by atoms with van der Waals surface area (Å²) in [7, 11) is 4.54. The van der Waals surface area contributed by atoms with Gasteiger partial charge in [-0.1, -0.05) is 0 Å². The zero-order valence-electron chi connectivity index (χ0n) is 18.4. The van der Waals surface area contributed by atoms with E-state index in [9.17, 15) is 13.6 Å². The van der Waals surface area contributed by atoms with Gasteiger partial charge in [-0.15, -0.1) is 0 Å². The molecule has 162 valence electrons. The largest absolute Gasteiger partial charge is 0.496 e. The molecular formula is C21H27BF2N2O4. The van der Waals surface area contributed by atoms with Gasteiger partial charge >= 0.3 is 7.12 Å². The number of furan rings is 1. The van der Waals surface area contributed by atoms with Crippen LogP contribution in [0.3, 0.4) is 0 Å². The Bertz CT molecular complexity index is 1020. The van der Waals surface area contributed by atoms with Gasteiger partial charge in [-0.25, -0.2) is 8.78 Å². The molecule has 1 aliphatic carbocycles. The molecule has 1 atom stereocenters. The van der Waals surface area contributed by atoms with E-state index in [2.05, 4.69) is 5.32 Å². The molecule has 1 aromatic carbocycles. The average molecular weight is 420 g/mol. The number of nitrogens with one attached hydrogen (secondary N) is 1. The number of benzene rings is 1. The van der Waals surface area contributed by atoms with Crippen LogP contribution in [0.1, 0.15) is 56.2 Å². The highest BCUT2D eigenvalue weighted by molar-refractivity contribution is 6.64. The lowest BCUT2D eigenvalue weighted by atomic mass is 9.76. The van der Waals surface area contributed by atoms with E-state index < -0.39 is 36.1 Å². The van der Waals surface area contributed by atoms with E-state index in [0.717, 1.165) is 5.69 Å². The Balaban J connectivity index is 1.91. The number of nitrogens with zero attached hydrogens (tertiary/aromatic N) is 1. The highest BCUT2D eigenvalue weighted by Crippen LogP contribution is 2.57. The Kier molecular flexibility index (Phi) is 4.53. The minimum Gasteiger partial charge on any atom is -0.460 e. The van der Waals surface area contributed by atoms with Crippen LogP contribution >= 0.6 is 0 Å². The predicted molar refractivity (Wildman–Crippen MR) is 112 cm³/mol. The number of carbonyl (C=O) groups excluding carboxylic acids is 1. The van der Waals surface area contributed by atoms with E-state index in [4.69, 9.17) is 13.7 Å². The third-order valence-corrected chi connectivity index (χ3v) is 6.45. The molecule has 0 spiro atoms. The summed E-state index contributed by atoms with van der Waals surface area (Å²) in [5, 5.41) is 3.02. The van der Waals surface area contributed by atoms with Crippen molar-refractivity contribution in [3.05, 3.63) is 23.5 Å². The van der Waals surface area contributed by atoms with Gasteiger partial charge in [0.2, 0.25) is 0 Å². The Morgan fingerprint density at radius 1 is 1.17 bits per heavy atom. The molecular weight excluding hydrogens is 393 g/mol. The molecule has 4 rings (SSSR count). The summed E-state index contributed by atoms with van der Waals surface area (Å²) in [4.78, 5) is 14.5. The third kappa shape index (κ3) is 3.10. The molecule has 1 unspecified atom stereocenters. The summed E-state index contributed by atoms with van der Waals surface area (Å²) < 4.78 is 45.9. The van der Waals surface area contributed by atoms with E-state index >= 15 is 0 Å². The lowest BCUT2D eigenvalue weighted by Crippen LogP contribution is -2.41. The SMILES string of the molecule is CNC(=O)c1c(C2CC2(F)F)oc2cc(N(C)C)c(B3OC(C)(C)C(C)(C)O3)cc12. The van der Waals surface area contributed by atoms with E-state index in [-0.39, 0.29) is 17.7 Å². The van der Waals surface area contributed by atoms with Gasteiger partial charge in [-0.2, -0.15) is 0 Å². The molecule has 6 nitrogen and oxygen atoms in total. The molecule has 2 fully saturated rings. The van der Waals surface area contributed by atoms with E-state index in [1.165, 1.54) is 7.05 Å². The molecule has 0 radical (unpaired) electrons. The molecule has 1 N–H and O–H groups in total. The molecule has 1 saturated carbocycles. The number of fused-ring (bicyclic) bond motifs is 1. The van der Waals surface area contributed by atoms with Crippen LogP contribution in [0, 0.1) is 0 Å². The smallest absolute Gasteiger partial charge is 0.460 e. The summed E-state index contributed by atoms with van der Waals surface area (Å²) in [6.07, 6.45) is -0.318. The third-order valence-electron chi connectivity index (χ3n) is 6.45. The fraction of sp³-hybridized carbons (Fsp3) is 0.571. The molecule has 2 aromatic rings. The highest BCUT2D eigenvalue weighted by Gasteiger charge is 2.61. The second kappa shape index (κ2) is 6.44. The lowest BCUT2D eigenvalue weighted by Gasteiger charge is -2.32. The predicted octanol–water partition coefficient (Wildman–Crippen LogP) is 3.28. The van der Waals surface area contributed by atoms with Crippen molar-refractivity contribution in [3.8, 4) is 0 Å². The van der Waals surface area contributed by atoms with Crippen LogP contribution in [0.15, 0.2) is 16.5 Å². The number of carbonyl (C=O) groups is 1. The molecule has 1 aromatic heterocycles. The zero-order valence-corrected chi connectivity index (χ0v) is 18.4. The van der Waals surface area contributed by atoms with Crippen molar-refractivity contribution < 1.29 is 27.3 Å². The minimum atomic E-state index is -2.85. The van der Waals surface area contributed by atoms with Crippen LogP contribution in [-0.2, 0) is 9.31 Å². The number of amides is 1. The van der Waals surface area contributed by atoms with Crippen molar-refractivity contribution in [2.75, 3.05) is 26.0 Å². The van der Waals surface area contributed by atoms with Crippen LogP contribution in [-0.4, -0.2) is 51.3 Å². The lowest BCUT2D eigenvalue weighted by molar-refractivity contribution is 0.00578. The number of hydrogen-bond acceptors (Lipinski definition) is 5. The minimum absolute atomic E-state index is 0.0325. The van der Waals surface area contributed by atoms with Gasteiger partial charge < -0.3 is 23.9 Å². The first-order valence-corrected chi connectivity index (χ1v) is 10.0. The summed E-state index contributed by atoms with van der Waals surface area (Å²) in [5.41, 5.74) is 0.932. The first kappa shape index (κ1) is 21.1. The molecule has 2 heterocycles. The van der Waals surface area contributed by atoms with Crippen LogP contribution in [0.5, 0.6) is 0 Å². The Hall–Kier alpha value is -2.13. The molecule has 30 heavy (non-hydrogen) atoms. The standard InChI is InChI=1S/C21H27BF2N2O4/c1-19(2)20(3,4)30-22(29-19)13-8-11-15(9-14(13)26(6)7)28-17(12-10-21(12,23)24)16(11)18(27)25-5/h8-9,12H,10H2,1-7H3,(H,25,27). The summed E-state index contributed by atoms with van der Waals surface area (Å²) in [6.45, 7) is 7.84. The maximum Gasteiger partial charge on any atom is 0.496 e. The summed E-state index contributed by atoms with van der Waals surface area (Å²) >= 11 is 0. The van der Waals surface area contributed by atoms with Gasteiger partial charge in [0.1, 0.15) is 11.3 Å². The van der Waals surface area contributed by atoms with Gasteiger partial charge in [0, 0.05) is 50.2 Å². The first-order chi connectivity index (χ1) is 13.8. The maximum absolute atomic E-state index is 13.8. The molecule has 9 heteroatoms. The van der Waals surface area contributed by atoms with Gasteiger partial charge in [-0.05, 0) is 33.8 Å². The maximum atomic E-state index is 13.8. The molecule has 0 bridgehead atoms. The fourth-order valence-electron chi connectivity index (χ4n) is 3.82. The van der Waals surface area contributed by atoms with Crippen LogP contribution in [0.4, 0.5) is 14.5 Å². The highest BCUT2D eigenvalue weighted by atomic mass is 19.3. The second-order valence-corrected chi connectivity index (χ2v) is 9.33. The number of halogens is 2. The molecule has 1 aliphatic heterocycles. The van der Waals surface area contributed by atoms with E-state index in [1.54, 1.807) is 12.1 Å². The van der Waals surface area contributed by atoms with Crippen LogP contribution < -0.4 is 15.7 Å². The Labute approximate surface area is 175 Å². The van der Waals surface area contributed by atoms with E-state index in [0.29, 0.717) is 16.4 Å². The van der Waals surface area contributed by atoms with Gasteiger partial charge in [0.15, 0.2) is 0 Å². The van der Waals surface area contributed by atoms with Crippen LogP contribution in [0.25, 0.3) is 11.0 Å².